The molecule has 0 aromatic rings. The molecule has 0 heterocycles. The van der Waals surface area contributed by atoms with Gasteiger partial charge in [0.25, 0.3) is 0 Å². The van der Waals surface area contributed by atoms with E-state index in [1.807, 2.05) is 0 Å². The van der Waals surface area contributed by atoms with Crippen molar-refractivity contribution in [3.63, 3.8) is 0 Å². The van der Waals surface area contributed by atoms with Crippen LogP contribution in [0.25, 0.3) is 0 Å². The number of hydrogen-bond acceptors (Lipinski definition) is 2. The van der Waals surface area contributed by atoms with Gasteiger partial charge in [-0.15, -0.1) is 12.6 Å². The van der Waals surface area contributed by atoms with Gasteiger partial charge in [0.2, 0.25) is 0 Å². The Morgan fingerprint density at radius 1 is 2.00 bits per heavy atom. The van der Waals surface area contributed by atoms with Gasteiger partial charge < -0.3 is 5.73 Å². The highest BCUT2D eigenvalue weighted by atomic mass is 32.1. The van der Waals surface area contributed by atoms with E-state index < -0.39 is 0 Å². The summed E-state index contributed by atoms with van der Waals surface area (Å²) in [5.41, 5.74) is 4.75. The van der Waals surface area contributed by atoms with Crippen LogP contribution in [-0.2, 0) is 4.79 Å². The van der Waals surface area contributed by atoms with Gasteiger partial charge in [-0.25, -0.2) is 0 Å². The van der Waals surface area contributed by atoms with E-state index in [2.05, 4.69) is 12.6 Å². The standard InChI is InChI=1S/C2H5NOS/c3-1-2(4)5/h1,3H2,(H,4,5). The van der Waals surface area contributed by atoms with E-state index in [1.165, 1.54) is 0 Å². The van der Waals surface area contributed by atoms with Gasteiger partial charge in [0.1, 0.15) is 0 Å². The fraction of sp³-hybridized carbons (Fsp3) is 0.500. The minimum atomic E-state index is -0.273. The first-order chi connectivity index (χ1) is 2.27. The van der Waals surface area contributed by atoms with Crippen molar-refractivity contribution < 1.29 is 4.79 Å². The third-order valence-corrected chi connectivity index (χ3v) is 0.357. The topological polar surface area (TPSA) is 43.1 Å². The molecule has 0 aliphatic heterocycles. The lowest BCUT2D eigenvalue weighted by Crippen LogP contribution is -2.05. The Bertz CT molecular complexity index is 44.9. The summed E-state index contributed by atoms with van der Waals surface area (Å²) in [7, 11) is 0. The number of thiol groups is 1. The minimum Gasteiger partial charge on any atom is -0.323 e. The molecule has 3 heteroatoms. The number of rotatable bonds is 1. The summed E-state index contributed by atoms with van der Waals surface area (Å²) in [6, 6.07) is 0. The van der Waals surface area contributed by atoms with Crippen LogP contribution in [0.5, 0.6) is 0 Å². The Morgan fingerprint density at radius 2 is 2.20 bits per heavy atom. The average Bonchev–Trinajstić information content (AvgIpc) is 1.38. The van der Waals surface area contributed by atoms with Crippen molar-refractivity contribution in [2.75, 3.05) is 6.54 Å². The number of carbonyl (C=O) groups is 1. The lowest BCUT2D eigenvalue weighted by molar-refractivity contribution is -0.109. The summed E-state index contributed by atoms with van der Waals surface area (Å²) in [6.45, 7) is 0.0309. The first-order valence-corrected chi connectivity index (χ1v) is 1.64. The highest BCUT2D eigenvalue weighted by molar-refractivity contribution is 7.96. The van der Waals surface area contributed by atoms with E-state index in [1.54, 1.807) is 0 Å². The van der Waals surface area contributed by atoms with Gasteiger partial charge in [0.15, 0.2) is 5.12 Å². The zero-order chi connectivity index (χ0) is 4.28. The summed E-state index contributed by atoms with van der Waals surface area (Å²) in [4.78, 5) is 9.55. The number of hydrogen-bond donors (Lipinski definition) is 2. The second kappa shape index (κ2) is 2.23. The smallest absolute Gasteiger partial charge is 0.199 e. The molecule has 0 spiro atoms. The van der Waals surface area contributed by atoms with Crippen molar-refractivity contribution in [3.05, 3.63) is 0 Å². The van der Waals surface area contributed by atoms with Gasteiger partial charge in [-0.05, 0) is 0 Å². The van der Waals surface area contributed by atoms with Crippen molar-refractivity contribution in [2.45, 2.75) is 0 Å². The van der Waals surface area contributed by atoms with Crippen LogP contribution in [0.2, 0.25) is 0 Å². The Kier molecular flexibility index (Phi) is 2.22. The molecule has 2 N–H and O–H groups in total. The Morgan fingerprint density at radius 3 is 2.20 bits per heavy atom. The lowest BCUT2D eigenvalue weighted by atomic mass is 10.8. The zero-order valence-electron chi connectivity index (χ0n) is 2.64. The van der Waals surface area contributed by atoms with Crippen LogP contribution in [-0.4, -0.2) is 11.7 Å². The molecule has 30 valence electrons. The highest BCUT2D eigenvalue weighted by Crippen LogP contribution is 1.66. The molecule has 0 bridgehead atoms. The van der Waals surface area contributed by atoms with Gasteiger partial charge in [-0.3, -0.25) is 4.79 Å². The summed E-state index contributed by atoms with van der Waals surface area (Å²) in [5, 5.41) is -0.273. The maximum Gasteiger partial charge on any atom is 0.199 e. The van der Waals surface area contributed by atoms with Crippen molar-refractivity contribution >= 4 is 17.7 Å². The average molecular weight is 91.1 g/mol. The SMILES string of the molecule is NCC(=O)S. The van der Waals surface area contributed by atoms with E-state index in [9.17, 15) is 4.79 Å². The number of carbonyl (C=O) groups excluding carboxylic acids is 1. The molecule has 0 rings (SSSR count). The molecule has 0 saturated heterocycles. The zero-order valence-corrected chi connectivity index (χ0v) is 3.53. The van der Waals surface area contributed by atoms with E-state index in [0.29, 0.717) is 0 Å². The summed E-state index contributed by atoms with van der Waals surface area (Å²) < 4.78 is 0. The van der Waals surface area contributed by atoms with E-state index in [4.69, 9.17) is 5.73 Å². The molecular formula is C2H5NOS. The van der Waals surface area contributed by atoms with Gasteiger partial charge in [-0.2, -0.15) is 0 Å². The number of nitrogens with two attached hydrogens (primary N) is 1. The molecule has 0 atom stereocenters. The quantitative estimate of drug-likeness (QED) is 0.423. The van der Waals surface area contributed by atoms with Crippen molar-refractivity contribution in [1.29, 1.82) is 0 Å². The molecule has 5 heavy (non-hydrogen) atoms. The molecule has 0 aliphatic carbocycles. The first kappa shape index (κ1) is 4.98. The van der Waals surface area contributed by atoms with Crippen LogP contribution in [0.3, 0.4) is 0 Å². The third-order valence-electron chi connectivity index (χ3n) is 0.175. The van der Waals surface area contributed by atoms with Crippen LogP contribution in [0, 0.1) is 0 Å². The maximum absolute atomic E-state index is 9.55. The Labute approximate surface area is 35.8 Å². The first-order valence-electron chi connectivity index (χ1n) is 1.19. The van der Waals surface area contributed by atoms with E-state index in [-0.39, 0.29) is 11.7 Å². The van der Waals surface area contributed by atoms with Gasteiger partial charge in [0, 0.05) is 0 Å². The van der Waals surface area contributed by atoms with Gasteiger partial charge >= 0.3 is 0 Å². The Balaban J connectivity index is 2.85. The monoisotopic (exact) mass is 91.0 g/mol. The van der Waals surface area contributed by atoms with Crippen molar-refractivity contribution in [1.82, 2.24) is 0 Å². The molecular weight excluding hydrogens is 86.1 g/mol. The largest absolute Gasteiger partial charge is 0.323 e. The summed E-state index contributed by atoms with van der Waals surface area (Å²) >= 11 is 3.33. The van der Waals surface area contributed by atoms with E-state index >= 15 is 0 Å². The van der Waals surface area contributed by atoms with Gasteiger partial charge in [0.05, 0.1) is 6.54 Å². The molecule has 0 amide bonds. The fourth-order valence-corrected chi connectivity index (χ4v) is 0. The third kappa shape index (κ3) is 3.98. The molecule has 0 aromatic carbocycles. The van der Waals surface area contributed by atoms with Crippen molar-refractivity contribution in [2.24, 2.45) is 5.73 Å². The second-order valence-corrected chi connectivity index (χ2v) is 1.10. The van der Waals surface area contributed by atoms with Crippen LogP contribution >= 0.6 is 12.6 Å². The highest BCUT2D eigenvalue weighted by Gasteiger charge is 1.78. The molecule has 0 aliphatic rings. The normalized spacial score (nSPS) is 7.60. The second-order valence-electron chi connectivity index (χ2n) is 0.598. The lowest BCUT2D eigenvalue weighted by Gasteiger charge is -1.71. The molecule has 0 saturated carbocycles. The van der Waals surface area contributed by atoms with Crippen LogP contribution in [0.1, 0.15) is 0 Å². The van der Waals surface area contributed by atoms with Crippen molar-refractivity contribution in [3.8, 4) is 0 Å². The molecule has 2 nitrogen and oxygen atoms in total. The van der Waals surface area contributed by atoms with Crippen LogP contribution in [0.4, 0.5) is 0 Å². The summed E-state index contributed by atoms with van der Waals surface area (Å²) in [6.07, 6.45) is 0. The predicted molar refractivity (Wildman–Crippen MR) is 23.0 cm³/mol. The van der Waals surface area contributed by atoms with Crippen LogP contribution < -0.4 is 5.73 Å². The molecule has 0 unspecified atom stereocenters. The molecule has 0 fully saturated rings. The fourth-order valence-electron chi connectivity index (χ4n) is 0. The van der Waals surface area contributed by atoms with Gasteiger partial charge in [-0.1, -0.05) is 0 Å². The Hall–Kier alpha value is -0.0200. The van der Waals surface area contributed by atoms with Crippen LogP contribution in [0.15, 0.2) is 0 Å². The molecule has 0 aromatic heterocycles. The minimum absolute atomic E-state index is 0.0309. The van der Waals surface area contributed by atoms with E-state index in [0.717, 1.165) is 0 Å². The summed E-state index contributed by atoms with van der Waals surface area (Å²) in [5.74, 6) is 0. The molecule has 0 radical (unpaired) electrons. The predicted octanol–water partition coefficient (Wildman–Crippen LogP) is -0.599. The maximum atomic E-state index is 9.55.